The van der Waals surface area contributed by atoms with E-state index in [-0.39, 0.29) is 0 Å². The summed E-state index contributed by atoms with van der Waals surface area (Å²) in [6.45, 7) is 3.84. The second-order valence-electron chi connectivity index (χ2n) is 8.43. The van der Waals surface area contributed by atoms with E-state index in [1.165, 1.54) is 41.9 Å². The predicted octanol–water partition coefficient (Wildman–Crippen LogP) is 5.43. The fourth-order valence-corrected chi connectivity index (χ4v) is 4.89. The average molecular weight is 415 g/mol. The van der Waals surface area contributed by atoms with Crippen LogP contribution in [0.15, 0.2) is 72.8 Å². The largest absolute Gasteiger partial charge is 0.497 e. The molecule has 0 amide bonds. The highest BCUT2D eigenvalue weighted by molar-refractivity contribution is 5.72. The Balaban J connectivity index is 1.36. The molecule has 0 spiro atoms. The van der Waals surface area contributed by atoms with Crippen LogP contribution < -0.4 is 14.4 Å². The van der Waals surface area contributed by atoms with Gasteiger partial charge < -0.3 is 14.4 Å². The lowest BCUT2D eigenvalue weighted by molar-refractivity contribution is 0.261. The molecule has 0 aliphatic carbocycles. The van der Waals surface area contributed by atoms with Gasteiger partial charge in [0.1, 0.15) is 18.1 Å². The predicted molar refractivity (Wildman–Crippen MR) is 126 cm³/mol. The maximum atomic E-state index is 6.16. The minimum Gasteiger partial charge on any atom is -0.497 e. The van der Waals surface area contributed by atoms with E-state index in [9.17, 15) is 0 Å². The number of para-hydroxylation sites is 3. The Morgan fingerprint density at radius 1 is 0.968 bits per heavy atom. The molecule has 0 bridgehead atoms. The quantitative estimate of drug-likeness (QED) is 0.537. The van der Waals surface area contributed by atoms with Crippen LogP contribution in [0.25, 0.3) is 0 Å². The number of benzene rings is 3. The lowest BCUT2D eigenvalue weighted by atomic mass is 10.1. The minimum absolute atomic E-state index is 0.532. The van der Waals surface area contributed by atoms with E-state index in [4.69, 9.17) is 9.47 Å². The maximum absolute atomic E-state index is 6.16. The second-order valence-corrected chi connectivity index (χ2v) is 8.43. The highest BCUT2D eigenvalue weighted by Crippen LogP contribution is 2.40. The highest BCUT2D eigenvalue weighted by atomic mass is 16.5. The summed E-state index contributed by atoms with van der Waals surface area (Å²) in [5.41, 5.74) is 5.03. The summed E-state index contributed by atoms with van der Waals surface area (Å²) >= 11 is 0. The Kier molecular flexibility index (Phi) is 5.81. The Morgan fingerprint density at radius 3 is 2.71 bits per heavy atom. The lowest BCUT2D eigenvalue weighted by Gasteiger charge is -2.32. The van der Waals surface area contributed by atoms with Gasteiger partial charge in [0, 0.05) is 30.4 Å². The number of fused-ring (bicyclic) bond motifs is 2. The number of nitrogens with zero attached hydrogens (tertiary/aromatic N) is 2. The Morgan fingerprint density at radius 2 is 1.81 bits per heavy atom. The van der Waals surface area contributed by atoms with Crippen LogP contribution in [0, 0.1) is 0 Å². The molecule has 160 valence electrons. The number of ether oxygens (including phenoxy) is 2. The van der Waals surface area contributed by atoms with Crippen molar-refractivity contribution >= 4 is 11.4 Å². The highest BCUT2D eigenvalue weighted by Gasteiger charge is 2.29. The number of anilines is 2. The molecule has 1 atom stereocenters. The van der Waals surface area contributed by atoms with E-state index in [2.05, 4.69) is 76.5 Å². The van der Waals surface area contributed by atoms with Crippen molar-refractivity contribution in [1.82, 2.24) is 4.90 Å². The van der Waals surface area contributed by atoms with Crippen LogP contribution >= 0.6 is 0 Å². The first-order chi connectivity index (χ1) is 15.3. The van der Waals surface area contributed by atoms with Crippen molar-refractivity contribution in [1.29, 1.82) is 0 Å². The van der Waals surface area contributed by atoms with E-state index in [1.54, 1.807) is 7.11 Å². The molecule has 2 aliphatic rings. The standard InChI is InChI=1S/C27H30N2O2/c1-30-24-11-6-8-21(18-24)15-17-28-16-7-10-23(28)19-29-25-12-3-2-9-22(25)20-31-27-14-5-4-13-26(27)29/h2-6,8-9,11-14,18,23H,7,10,15-17,19-20H2,1H3/t23-/m0/s1. The molecule has 1 fully saturated rings. The van der Waals surface area contributed by atoms with E-state index < -0.39 is 0 Å². The lowest BCUT2D eigenvalue weighted by Crippen LogP contribution is -2.39. The van der Waals surface area contributed by atoms with Gasteiger partial charge in [-0.25, -0.2) is 0 Å². The fraction of sp³-hybridized carbons (Fsp3) is 0.333. The molecule has 0 radical (unpaired) electrons. The van der Waals surface area contributed by atoms with Gasteiger partial charge in [-0.3, -0.25) is 4.90 Å². The van der Waals surface area contributed by atoms with Crippen LogP contribution in [-0.2, 0) is 13.0 Å². The topological polar surface area (TPSA) is 24.9 Å². The van der Waals surface area contributed by atoms with Crippen molar-refractivity contribution in [2.45, 2.75) is 31.9 Å². The molecule has 31 heavy (non-hydrogen) atoms. The third-order valence-electron chi connectivity index (χ3n) is 6.54. The summed E-state index contributed by atoms with van der Waals surface area (Å²) in [6.07, 6.45) is 3.54. The molecule has 3 aromatic rings. The zero-order valence-electron chi connectivity index (χ0n) is 18.2. The number of hydrogen-bond donors (Lipinski definition) is 0. The SMILES string of the molecule is COc1cccc(CCN2CCC[C@H]2CN2c3ccccc3COc3ccccc32)c1. The summed E-state index contributed by atoms with van der Waals surface area (Å²) in [4.78, 5) is 5.14. The van der Waals surface area contributed by atoms with Crippen molar-refractivity contribution in [3.63, 3.8) is 0 Å². The molecular formula is C27H30N2O2. The molecule has 2 aliphatic heterocycles. The van der Waals surface area contributed by atoms with Gasteiger partial charge >= 0.3 is 0 Å². The van der Waals surface area contributed by atoms with Crippen molar-refractivity contribution < 1.29 is 9.47 Å². The van der Waals surface area contributed by atoms with Gasteiger partial charge in [0.2, 0.25) is 0 Å². The van der Waals surface area contributed by atoms with Gasteiger partial charge in [-0.1, -0.05) is 42.5 Å². The molecule has 0 saturated carbocycles. The maximum Gasteiger partial charge on any atom is 0.143 e. The second kappa shape index (κ2) is 9.03. The van der Waals surface area contributed by atoms with Gasteiger partial charge in [0.15, 0.2) is 0 Å². The summed E-state index contributed by atoms with van der Waals surface area (Å²) in [7, 11) is 1.73. The van der Waals surface area contributed by atoms with E-state index in [0.717, 1.165) is 31.0 Å². The fourth-order valence-electron chi connectivity index (χ4n) is 4.89. The van der Waals surface area contributed by atoms with Crippen LogP contribution in [0.5, 0.6) is 11.5 Å². The molecule has 5 rings (SSSR count). The third-order valence-corrected chi connectivity index (χ3v) is 6.54. The normalized spacial score (nSPS) is 18.1. The summed E-state index contributed by atoms with van der Waals surface area (Å²) in [5.74, 6) is 1.91. The van der Waals surface area contributed by atoms with Crippen LogP contribution in [-0.4, -0.2) is 37.7 Å². The molecule has 0 aromatic heterocycles. The summed E-state index contributed by atoms with van der Waals surface area (Å²) in [6, 6.07) is 26.1. The number of methoxy groups -OCH3 is 1. The smallest absolute Gasteiger partial charge is 0.143 e. The molecular weight excluding hydrogens is 384 g/mol. The third kappa shape index (κ3) is 4.26. The molecule has 4 heteroatoms. The first-order valence-electron chi connectivity index (χ1n) is 11.3. The van der Waals surface area contributed by atoms with E-state index >= 15 is 0 Å². The Bertz CT molecular complexity index is 988. The van der Waals surface area contributed by atoms with E-state index in [0.29, 0.717) is 12.6 Å². The molecule has 0 unspecified atom stereocenters. The Labute approximate surface area is 185 Å². The zero-order chi connectivity index (χ0) is 21.0. The molecule has 2 heterocycles. The summed E-state index contributed by atoms with van der Waals surface area (Å²) in [5, 5.41) is 0. The number of rotatable bonds is 6. The van der Waals surface area contributed by atoms with Crippen LogP contribution in [0.4, 0.5) is 11.4 Å². The summed E-state index contributed by atoms with van der Waals surface area (Å²) < 4.78 is 11.6. The number of likely N-dealkylation sites (tertiary alicyclic amines) is 1. The molecule has 0 N–H and O–H groups in total. The van der Waals surface area contributed by atoms with Crippen molar-refractivity contribution in [2.24, 2.45) is 0 Å². The molecule has 4 nitrogen and oxygen atoms in total. The van der Waals surface area contributed by atoms with Crippen molar-refractivity contribution in [2.75, 3.05) is 31.6 Å². The molecule has 1 saturated heterocycles. The number of hydrogen-bond acceptors (Lipinski definition) is 4. The monoisotopic (exact) mass is 414 g/mol. The van der Waals surface area contributed by atoms with Crippen LogP contribution in [0.1, 0.15) is 24.0 Å². The van der Waals surface area contributed by atoms with Crippen molar-refractivity contribution in [3.05, 3.63) is 83.9 Å². The van der Waals surface area contributed by atoms with Gasteiger partial charge in [-0.15, -0.1) is 0 Å². The Hall–Kier alpha value is -2.98. The first-order valence-corrected chi connectivity index (χ1v) is 11.3. The van der Waals surface area contributed by atoms with Crippen molar-refractivity contribution in [3.8, 4) is 11.5 Å². The van der Waals surface area contributed by atoms with Gasteiger partial charge in [-0.2, -0.15) is 0 Å². The average Bonchev–Trinajstić information content (AvgIpc) is 3.21. The van der Waals surface area contributed by atoms with Gasteiger partial charge in [-0.05, 0) is 61.7 Å². The van der Waals surface area contributed by atoms with Gasteiger partial charge in [0.05, 0.1) is 12.8 Å². The van der Waals surface area contributed by atoms with Crippen LogP contribution in [0.3, 0.4) is 0 Å². The van der Waals surface area contributed by atoms with Gasteiger partial charge in [0.25, 0.3) is 0 Å². The van der Waals surface area contributed by atoms with Crippen LogP contribution in [0.2, 0.25) is 0 Å². The minimum atomic E-state index is 0.532. The molecule has 3 aromatic carbocycles. The zero-order valence-corrected chi connectivity index (χ0v) is 18.2. The first kappa shape index (κ1) is 20.0. The van der Waals surface area contributed by atoms with E-state index in [1.807, 2.05) is 6.07 Å².